The van der Waals surface area contributed by atoms with E-state index in [1.54, 1.807) is 6.08 Å². The van der Waals surface area contributed by atoms with Gasteiger partial charge in [0.2, 0.25) is 0 Å². The first kappa shape index (κ1) is 15.1. The van der Waals surface area contributed by atoms with E-state index in [1.165, 1.54) is 5.56 Å². The van der Waals surface area contributed by atoms with Crippen molar-refractivity contribution < 1.29 is 8.78 Å². The highest BCUT2D eigenvalue weighted by molar-refractivity contribution is 5.66. The highest BCUT2D eigenvalue weighted by Crippen LogP contribution is 2.37. The largest absolute Gasteiger partial charge is 0.252 e. The highest BCUT2D eigenvalue weighted by atomic mass is 19.3. The summed E-state index contributed by atoms with van der Waals surface area (Å²) < 4.78 is 26.5. The predicted molar refractivity (Wildman–Crippen MR) is 79.2 cm³/mol. The maximum absolute atomic E-state index is 13.3. The molecule has 0 atom stereocenters. The molecular weight excluding hydrogens is 256 g/mol. The Kier molecular flexibility index (Phi) is 3.74. The molecule has 0 amide bonds. The van der Waals surface area contributed by atoms with Crippen molar-refractivity contribution in [3.8, 4) is 0 Å². The van der Waals surface area contributed by atoms with Crippen molar-refractivity contribution in [1.29, 1.82) is 0 Å². The van der Waals surface area contributed by atoms with Crippen LogP contribution in [0.1, 0.15) is 62.5 Å². The number of alkyl halides is 2. The lowest BCUT2D eigenvalue weighted by Gasteiger charge is -2.25. The maximum atomic E-state index is 13.3. The topological polar surface area (TPSA) is 12.9 Å². The van der Waals surface area contributed by atoms with Gasteiger partial charge >= 0.3 is 0 Å². The van der Waals surface area contributed by atoms with Gasteiger partial charge in [-0.1, -0.05) is 32.9 Å². The van der Waals surface area contributed by atoms with Gasteiger partial charge in [0.05, 0.1) is 5.69 Å². The van der Waals surface area contributed by atoms with Crippen molar-refractivity contribution in [1.82, 2.24) is 4.98 Å². The molecule has 1 aromatic rings. The third kappa shape index (κ3) is 3.08. The molecule has 0 N–H and O–H groups in total. The molecule has 0 spiro atoms. The second-order valence-corrected chi connectivity index (χ2v) is 6.86. The third-order valence-corrected chi connectivity index (χ3v) is 3.83. The molecule has 0 aliphatic heterocycles. The zero-order chi connectivity index (χ0) is 15.1. The minimum atomic E-state index is -2.55. The molecule has 1 aliphatic carbocycles. The Hall–Kier alpha value is -1.25. The smallest absolute Gasteiger partial charge is 0.251 e. The molecule has 3 heteroatoms. The molecule has 1 nitrogen and oxygen atoms in total. The fourth-order valence-corrected chi connectivity index (χ4v) is 2.84. The number of hydrogen-bond acceptors (Lipinski definition) is 1. The Bertz CT molecular complexity index is 551. The molecule has 1 aliphatic rings. The summed E-state index contributed by atoms with van der Waals surface area (Å²) in [6.07, 6.45) is 1.84. The van der Waals surface area contributed by atoms with Gasteiger partial charge in [0.1, 0.15) is 0 Å². The van der Waals surface area contributed by atoms with Gasteiger partial charge in [-0.05, 0) is 37.0 Å². The fraction of sp³-hybridized carbons (Fsp3) is 0.588. The second-order valence-electron chi connectivity index (χ2n) is 6.86. The van der Waals surface area contributed by atoms with E-state index in [9.17, 15) is 8.78 Å². The molecule has 0 aromatic carbocycles. The van der Waals surface area contributed by atoms with E-state index < -0.39 is 5.92 Å². The van der Waals surface area contributed by atoms with E-state index in [2.05, 4.69) is 33.8 Å². The molecule has 1 aromatic heterocycles. The summed E-state index contributed by atoms with van der Waals surface area (Å²) >= 11 is 0. The number of halogens is 2. The quantitative estimate of drug-likeness (QED) is 0.688. The minimum Gasteiger partial charge on any atom is -0.252 e. The van der Waals surface area contributed by atoms with Crippen LogP contribution in [-0.2, 0) is 5.41 Å². The lowest BCUT2D eigenvalue weighted by atomic mass is 9.86. The lowest BCUT2D eigenvalue weighted by molar-refractivity contribution is -0.00606. The molecule has 2 rings (SSSR count). The maximum Gasteiger partial charge on any atom is 0.251 e. The van der Waals surface area contributed by atoms with Crippen LogP contribution in [0.3, 0.4) is 0 Å². The van der Waals surface area contributed by atoms with Gasteiger partial charge in [-0.15, -0.1) is 0 Å². The van der Waals surface area contributed by atoms with Crippen molar-refractivity contribution >= 4 is 5.57 Å². The van der Waals surface area contributed by atoms with Crippen molar-refractivity contribution in [2.45, 2.75) is 65.2 Å². The average molecular weight is 279 g/mol. The number of hydrogen-bond donors (Lipinski definition) is 0. The van der Waals surface area contributed by atoms with Crippen LogP contribution < -0.4 is 0 Å². The average Bonchev–Trinajstić information content (AvgIpc) is 2.28. The number of pyridine rings is 1. The van der Waals surface area contributed by atoms with E-state index in [-0.39, 0.29) is 18.3 Å². The monoisotopic (exact) mass is 279 g/mol. The Morgan fingerprint density at radius 2 is 1.80 bits per heavy atom. The normalized spacial score (nSPS) is 18.9. The molecule has 20 heavy (non-hydrogen) atoms. The van der Waals surface area contributed by atoms with Gasteiger partial charge in [0.15, 0.2) is 0 Å². The van der Waals surface area contributed by atoms with Crippen LogP contribution in [0, 0.1) is 13.8 Å². The number of allylic oxidation sites excluding steroid dienone is 2. The van der Waals surface area contributed by atoms with Crippen molar-refractivity contribution in [3.05, 3.63) is 34.7 Å². The zero-order valence-electron chi connectivity index (χ0n) is 13.0. The summed E-state index contributed by atoms with van der Waals surface area (Å²) in [5.41, 5.74) is 5.13. The van der Waals surface area contributed by atoms with Crippen LogP contribution in [0.4, 0.5) is 8.78 Å². The molecule has 110 valence electrons. The SMILES string of the molecule is Cc1cc(C)c(C(C)(C)C)nc1C1=CCC(F)(F)CC1. The fourth-order valence-electron chi connectivity index (χ4n) is 2.84. The first-order valence-electron chi connectivity index (χ1n) is 7.16. The molecule has 0 unspecified atom stereocenters. The van der Waals surface area contributed by atoms with Crippen LogP contribution >= 0.6 is 0 Å². The molecule has 0 fully saturated rings. The van der Waals surface area contributed by atoms with Gasteiger partial charge in [0, 0.05) is 24.0 Å². The molecule has 1 heterocycles. The summed E-state index contributed by atoms with van der Waals surface area (Å²) in [5, 5.41) is 0. The van der Waals surface area contributed by atoms with Crippen LogP contribution in [0.5, 0.6) is 0 Å². The Morgan fingerprint density at radius 3 is 2.30 bits per heavy atom. The molecule has 0 bridgehead atoms. The van der Waals surface area contributed by atoms with Crippen LogP contribution in [0.2, 0.25) is 0 Å². The van der Waals surface area contributed by atoms with Gasteiger partial charge < -0.3 is 0 Å². The van der Waals surface area contributed by atoms with Crippen molar-refractivity contribution in [2.75, 3.05) is 0 Å². The summed E-state index contributed by atoms with van der Waals surface area (Å²) in [6, 6.07) is 2.12. The van der Waals surface area contributed by atoms with E-state index in [0.717, 1.165) is 22.5 Å². The van der Waals surface area contributed by atoms with Crippen molar-refractivity contribution in [2.24, 2.45) is 0 Å². The lowest BCUT2D eigenvalue weighted by Crippen LogP contribution is -2.20. The zero-order valence-corrected chi connectivity index (χ0v) is 13.0. The Balaban J connectivity index is 2.46. The Morgan fingerprint density at radius 1 is 1.15 bits per heavy atom. The standard InChI is InChI=1S/C17H23F2N/c1-11-10-12(2)15(16(3,4)5)20-14(11)13-6-8-17(18,19)9-7-13/h6,10H,7-9H2,1-5H3. The van der Waals surface area contributed by atoms with E-state index >= 15 is 0 Å². The summed E-state index contributed by atoms with van der Waals surface area (Å²) in [5.74, 6) is -2.55. The first-order chi connectivity index (χ1) is 9.10. The number of nitrogens with zero attached hydrogens (tertiary/aromatic N) is 1. The van der Waals surface area contributed by atoms with Gasteiger partial charge in [-0.3, -0.25) is 4.98 Å². The molecule has 0 saturated carbocycles. The Labute approximate surface area is 120 Å². The van der Waals surface area contributed by atoms with Gasteiger partial charge in [-0.25, -0.2) is 8.78 Å². The van der Waals surface area contributed by atoms with E-state index in [1.807, 2.05) is 6.92 Å². The third-order valence-electron chi connectivity index (χ3n) is 3.83. The van der Waals surface area contributed by atoms with Gasteiger partial charge in [0.25, 0.3) is 5.92 Å². The molecule has 0 saturated heterocycles. The van der Waals surface area contributed by atoms with Crippen LogP contribution in [0.15, 0.2) is 12.1 Å². The number of aromatic nitrogens is 1. The van der Waals surface area contributed by atoms with E-state index in [0.29, 0.717) is 6.42 Å². The highest BCUT2D eigenvalue weighted by Gasteiger charge is 2.32. The summed E-state index contributed by atoms with van der Waals surface area (Å²) in [7, 11) is 0. The van der Waals surface area contributed by atoms with Crippen LogP contribution in [0.25, 0.3) is 5.57 Å². The van der Waals surface area contributed by atoms with Gasteiger partial charge in [-0.2, -0.15) is 0 Å². The van der Waals surface area contributed by atoms with E-state index in [4.69, 9.17) is 4.98 Å². The predicted octanol–water partition coefficient (Wildman–Crippen LogP) is 5.20. The summed E-state index contributed by atoms with van der Waals surface area (Å²) in [4.78, 5) is 4.80. The number of aryl methyl sites for hydroxylation is 2. The van der Waals surface area contributed by atoms with Crippen molar-refractivity contribution in [3.63, 3.8) is 0 Å². The molecule has 0 radical (unpaired) electrons. The first-order valence-corrected chi connectivity index (χ1v) is 7.16. The summed E-state index contributed by atoms with van der Waals surface area (Å²) in [6.45, 7) is 10.5. The van der Waals surface area contributed by atoms with Crippen LogP contribution in [-0.4, -0.2) is 10.9 Å². The second kappa shape index (κ2) is 4.94. The minimum absolute atomic E-state index is 0.0360. The number of rotatable bonds is 1. The molecular formula is C17H23F2N.